The molecule has 0 radical (unpaired) electrons. The maximum Gasteiger partial charge on any atom is 0.435 e. The number of sulfonamides is 1. The fourth-order valence-corrected chi connectivity index (χ4v) is 4.81. The third kappa shape index (κ3) is 8.03. The first-order valence-corrected chi connectivity index (χ1v) is 14.8. The first-order chi connectivity index (χ1) is 20.8. The molecule has 1 aromatic heterocycles. The van der Waals surface area contributed by atoms with Crippen LogP contribution in [-0.4, -0.2) is 60.8 Å². The average Bonchev–Trinajstić information content (AvgIpc) is 3.41. The lowest BCUT2D eigenvalue weighted by Crippen LogP contribution is -2.47. The number of esters is 1. The summed E-state index contributed by atoms with van der Waals surface area (Å²) in [5, 5.41) is 12.4. The molecule has 1 aliphatic rings. The van der Waals surface area contributed by atoms with Gasteiger partial charge in [-0.15, -0.1) is 0 Å². The zero-order chi connectivity index (χ0) is 32.1. The Morgan fingerprint density at radius 1 is 1.14 bits per heavy atom. The SMILES string of the molecule is CCC(=O)OC(C)O/N=N\N1CC[C@H]1COC(=O)NS(=O)(=O)c1ccc(-n2nc(C(F)(F)F)cc2-c2ccc(C)cc2)cc1. The van der Waals surface area contributed by atoms with E-state index < -0.39 is 40.2 Å². The van der Waals surface area contributed by atoms with Crippen LogP contribution in [0.4, 0.5) is 18.0 Å². The monoisotopic (exact) mass is 638 g/mol. The van der Waals surface area contributed by atoms with E-state index >= 15 is 0 Å². The van der Waals surface area contributed by atoms with E-state index in [1.807, 2.05) is 6.92 Å². The summed E-state index contributed by atoms with van der Waals surface area (Å²) >= 11 is 0. The van der Waals surface area contributed by atoms with Crippen LogP contribution in [0.5, 0.6) is 0 Å². The lowest BCUT2D eigenvalue weighted by molar-refractivity contribution is -0.178. The van der Waals surface area contributed by atoms with Crippen LogP contribution in [0.3, 0.4) is 0 Å². The van der Waals surface area contributed by atoms with Crippen molar-refractivity contribution in [1.29, 1.82) is 0 Å². The molecule has 4 rings (SSSR count). The van der Waals surface area contributed by atoms with Crippen molar-refractivity contribution in [2.45, 2.75) is 57.0 Å². The summed E-state index contributed by atoms with van der Waals surface area (Å²) in [6, 6.07) is 12.1. The van der Waals surface area contributed by atoms with Gasteiger partial charge in [0.05, 0.1) is 22.3 Å². The summed E-state index contributed by atoms with van der Waals surface area (Å²) in [5.41, 5.74) is 0.601. The Hall–Kier alpha value is -4.67. The van der Waals surface area contributed by atoms with E-state index in [1.54, 1.807) is 35.9 Å². The number of nitrogens with zero attached hydrogens (tertiary/aromatic N) is 5. The maximum atomic E-state index is 13.5. The van der Waals surface area contributed by atoms with Crippen molar-refractivity contribution in [2.75, 3.05) is 13.2 Å². The van der Waals surface area contributed by atoms with Gasteiger partial charge in [-0.3, -0.25) is 9.80 Å². The highest BCUT2D eigenvalue weighted by molar-refractivity contribution is 7.90. The molecule has 2 aromatic carbocycles. The number of alkyl halides is 3. The molecule has 1 fully saturated rings. The number of benzene rings is 2. The summed E-state index contributed by atoms with van der Waals surface area (Å²) < 4.78 is 78.7. The number of rotatable bonds is 11. The van der Waals surface area contributed by atoms with Crippen molar-refractivity contribution in [2.24, 2.45) is 10.5 Å². The van der Waals surface area contributed by atoms with E-state index in [-0.39, 0.29) is 35.3 Å². The molecule has 2 heterocycles. The number of carbonyl (C=O) groups excluding carboxylic acids is 2. The van der Waals surface area contributed by atoms with E-state index in [0.717, 1.165) is 28.4 Å². The third-order valence-electron chi connectivity index (χ3n) is 6.41. The lowest BCUT2D eigenvalue weighted by atomic mass is 10.1. The molecule has 236 valence electrons. The van der Waals surface area contributed by atoms with Crippen LogP contribution in [0.2, 0.25) is 0 Å². The summed E-state index contributed by atoms with van der Waals surface area (Å²) in [7, 11) is -4.38. The minimum Gasteiger partial charge on any atom is -0.447 e. The second kappa shape index (κ2) is 13.3. The molecule has 0 saturated carbocycles. The number of hydrogen-bond donors (Lipinski definition) is 1. The van der Waals surface area contributed by atoms with Gasteiger partial charge < -0.3 is 14.3 Å². The smallest absolute Gasteiger partial charge is 0.435 e. The van der Waals surface area contributed by atoms with Gasteiger partial charge in [-0.1, -0.05) is 36.8 Å². The fourth-order valence-electron chi connectivity index (χ4n) is 3.92. The largest absolute Gasteiger partial charge is 0.447 e. The Morgan fingerprint density at radius 2 is 1.82 bits per heavy atom. The van der Waals surface area contributed by atoms with E-state index in [9.17, 15) is 31.2 Å². The number of amides is 1. The van der Waals surface area contributed by atoms with Crippen molar-refractivity contribution in [3.05, 3.63) is 65.9 Å². The molecule has 1 saturated heterocycles. The number of aryl methyl sites for hydroxylation is 1. The quantitative estimate of drug-likeness (QED) is 0.133. The minimum absolute atomic E-state index is 0.153. The van der Waals surface area contributed by atoms with Crippen LogP contribution in [0.25, 0.3) is 16.9 Å². The van der Waals surface area contributed by atoms with Crippen LogP contribution < -0.4 is 4.72 Å². The average molecular weight is 639 g/mol. The van der Waals surface area contributed by atoms with Crippen LogP contribution >= 0.6 is 0 Å². The van der Waals surface area contributed by atoms with Crippen molar-refractivity contribution < 1.29 is 45.5 Å². The molecule has 0 spiro atoms. The van der Waals surface area contributed by atoms with Crippen molar-refractivity contribution in [3.63, 3.8) is 0 Å². The van der Waals surface area contributed by atoms with E-state index in [2.05, 4.69) is 15.6 Å². The molecular weight excluding hydrogens is 609 g/mol. The number of carbonyl (C=O) groups is 2. The standard InChI is InChI=1S/C27H29F3N6O7S/c1-4-25(37)42-18(3)43-34-33-35-14-13-21(35)16-41-26(38)32-44(39,40)22-11-9-20(10-12-22)36-23(15-24(31-36)27(28,29)30)19-7-5-17(2)6-8-19/h5-12,15,18,21H,4,13-14,16H2,1-3H3,(H,32,38)/b34-33-/t18?,21-/m0/s1. The highest BCUT2D eigenvalue weighted by Crippen LogP contribution is 2.33. The van der Waals surface area contributed by atoms with E-state index in [4.69, 9.17) is 14.3 Å². The van der Waals surface area contributed by atoms with Gasteiger partial charge in [0.15, 0.2) is 5.69 Å². The van der Waals surface area contributed by atoms with Gasteiger partial charge in [-0.2, -0.15) is 18.3 Å². The summed E-state index contributed by atoms with van der Waals surface area (Å²) in [6.07, 6.45) is -6.13. The van der Waals surface area contributed by atoms with Gasteiger partial charge in [0.2, 0.25) is 0 Å². The molecule has 0 bridgehead atoms. The lowest BCUT2D eigenvalue weighted by Gasteiger charge is -2.36. The fraction of sp³-hybridized carbons (Fsp3) is 0.370. The molecule has 1 aliphatic heterocycles. The van der Waals surface area contributed by atoms with Crippen molar-refractivity contribution in [1.82, 2.24) is 19.5 Å². The molecule has 17 heteroatoms. The predicted molar refractivity (Wildman–Crippen MR) is 147 cm³/mol. The van der Waals surface area contributed by atoms with Gasteiger partial charge in [-0.25, -0.2) is 22.6 Å². The predicted octanol–water partition coefficient (Wildman–Crippen LogP) is 4.95. The topological polar surface area (TPSA) is 154 Å². The summed E-state index contributed by atoms with van der Waals surface area (Å²) in [6.45, 7) is 5.20. The molecule has 0 aliphatic carbocycles. The second-order valence-electron chi connectivity index (χ2n) is 9.68. The van der Waals surface area contributed by atoms with Crippen LogP contribution in [-0.2, 0) is 35.3 Å². The van der Waals surface area contributed by atoms with Gasteiger partial charge in [0, 0.05) is 30.7 Å². The van der Waals surface area contributed by atoms with E-state index in [0.29, 0.717) is 18.5 Å². The molecule has 1 unspecified atom stereocenters. The van der Waals surface area contributed by atoms with Crippen molar-refractivity contribution in [3.8, 4) is 16.9 Å². The molecule has 3 aromatic rings. The Morgan fingerprint density at radius 3 is 2.41 bits per heavy atom. The Labute approximate surface area is 250 Å². The first kappa shape index (κ1) is 32.2. The zero-order valence-corrected chi connectivity index (χ0v) is 24.6. The number of ether oxygens (including phenoxy) is 2. The summed E-state index contributed by atoms with van der Waals surface area (Å²) in [4.78, 5) is 28.1. The van der Waals surface area contributed by atoms with Crippen molar-refractivity contribution >= 4 is 22.1 Å². The van der Waals surface area contributed by atoms with Gasteiger partial charge in [-0.05, 0) is 48.9 Å². The Bertz CT molecular complexity index is 1610. The van der Waals surface area contributed by atoms with Gasteiger partial charge in [0.25, 0.3) is 16.3 Å². The zero-order valence-electron chi connectivity index (χ0n) is 23.8. The molecule has 2 atom stereocenters. The second-order valence-corrected chi connectivity index (χ2v) is 11.4. The first-order valence-electron chi connectivity index (χ1n) is 13.3. The third-order valence-corrected chi connectivity index (χ3v) is 7.74. The highest BCUT2D eigenvalue weighted by Gasteiger charge is 2.35. The number of nitrogens with one attached hydrogen (secondary N) is 1. The molecule has 13 nitrogen and oxygen atoms in total. The van der Waals surface area contributed by atoms with Crippen LogP contribution in [0, 0.1) is 6.92 Å². The van der Waals surface area contributed by atoms with Gasteiger partial charge in [0.1, 0.15) is 6.61 Å². The molecule has 44 heavy (non-hydrogen) atoms. The van der Waals surface area contributed by atoms with Crippen LogP contribution in [0.1, 0.15) is 37.9 Å². The maximum absolute atomic E-state index is 13.5. The number of halogens is 3. The molecular formula is C27H29F3N6O7S. The van der Waals surface area contributed by atoms with Gasteiger partial charge >= 0.3 is 18.2 Å². The number of hydrogen-bond acceptors (Lipinski definition) is 10. The normalized spacial score (nSPS) is 15.9. The number of aromatic nitrogens is 2. The molecule has 1 N–H and O–H groups in total. The summed E-state index contributed by atoms with van der Waals surface area (Å²) in [5.74, 6) is -0.468. The van der Waals surface area contributed by atoms with E-state index in [1.165, 1.54) is 24.1 Å². The Kier molecular flexibility index (Phi) is 9.76. The highest BCUT2D eigenvalue weighted by atomic mass is 32.2. The Balaban J connectivity index is 1.37. The van der Waals surface area contributed by atoms with Crippen LogP contribution in [0.15, 0.2) is 70.0 Å². The molecule has 1 amide bonds. The minimum atomic E-state index is -4.70.